The minimum atomic E-state index is 1.09. The predicted octanol–water partition coefficient (Wildman–Crippen LogP) is 15.9. The molecular weight excluding hydrogens is 739 g/mol. The molecule has 0 aliphatic heterocycles. The van der Waals surface area contributed by atoms with Crippen molar-refractivity contribution in [1.29, 1.82) is 0 Å². The van der Waals surface area contributed by atoms with Gasteiger partial charge in [-0.25, -0.2) is 0 Å². The van der Waals surface area contributed by atoms with Gasteiger partial charge in [-0.05, 0) is 117 Å². The Balaban J connectivity index is 0.975. The summed E-state index contributed by atoms with van der Waals surface area (Å²) in [5.41, 5.74) is 15.4. The van der Waals surface area contributed by atoms with Crippen molar-refractivity contribution in [3.8, 4) is 27.9 Å². The van der Waals surface area contributed by atoms with Crippen LogP contribution < -0.4 is 4.90 Å². The third-order valence-corrected chi connectivity index (χ3v) is 12.8. The zero-order chi connectivity index (χ0) is 40.0. The van der Waals surface area contributed by atoms with Gasteiger partial charge in [-0.15, -0.1) is 0 Å². The van der Waals surface area contributed by atoms with Crippen molar-refractivity contribution >= 4 is 87.7 Å². The van der Waals surface area contributed by atoms with Crippen LogP contribution in [0.1, 0.15) is 0 Å². The molecule has 10 aromatic carbocycles. The largest absolute Gasteiger partial charge is 0.311 e. The Hall–Kier alpha value is -8.14. The first-order valence-corrected chi connectivity index (χ1v) is 21.0. The van der Waals surface area contributed by atoms with Crippen molar-refractivity contribution in [1.82, 2.24) is 8.97 Å². The maximum Gasteiger partial charge on any atom is 0.0641 e. The Morgan fingerprint density at radius 2 is 0.803 bits per heavy atom. The molecule has 0 fully saturated rings. The average Bonchev–Trinajstić information content (AvgIpc) is 3.81. The number of benzene rings is 10. The summed E-state index contributed by atoms with van der Waals surface area (Å²) in [6.45, 7) is 0. The molecule has 0 unspecified atom stereocenters. The van der Waals surface area contributed by atoms with Gasteiger partial charge >= 0.3 is 0 Å². The molecule has 13 rings (SSSR count). The van der Waals surface area contributed by atoms with Crippen LogP contribution in [0.5, 0.6) is 0 Å². The summed E-state index contributed by atoms with van der Waals surface area (Å²) in [4.78, 5) is 2.37. The lowest BCUT2D eigenvalue weighted by atomic mass is 10.0. The standard InChI is InChI=1S/C58H37N3/c1-2-11-38(12-3-1)40-23-27-44(28-24-40)59(45-29-25-41(26-30-45)43-22-21-39-13-4-5-14-42(39)37-43)46-31-33-47(34-32-46)60-54-20-10-17-50-48-15-6-8-18-52(48)61-53-19-9-7-16-49(53)51-35-36-55(60)57(56(50)54)58(51)61/h1-37H. The molecule has 0 saturated heterocycles. The lowest BCUT2D eigenvalue weighted by Crippen LogP contribution is -2.10. The summed E-state index contributed by atoms with van der Waals surface area (Å²) in [6.07, 6.45) is 0. The summed E-state index contributed by atoms with van der Waals surface area (Å²) in [7, 11) is 0. The van der Waals surface area contributed by atoms with Gasteiger partial charge < -0.3 is 13.9 Å². The molecule has 0 saturated carbocycles. The van der Waals surface area contributed by atoms with Crippen molar-refractivity contribution in [2.24, 2.45) is 0 Å². The van der Waals surface area contributed by atoms with Gasteiger partial charge in [0, 0.05) is 49.7 Å². The van der Waals surface area contributed by atoms with Crippen LogP contribution in [0.25, 0.3) is 98.6 Å². The summed E-state index contributed by atoms with van der Waals surface area (Å²) in [5.74, 6) is 0. The zero-order valence-electron chi connectivity index (χ0n) is 33.2. The number of nitrogens with zero attached hydrogens (tertiary/aromatic N) is 3. The second kappa shape index (κ2) is 13.2. The number of fused-ring (bicyclic) bond motifs is 7. The molecule has 13 aromatic rings. The van der Waals surface area contributed by atoms with Gasteiger partial charge in [-0.1, -0.05) is 146 Å². The molecule has 3 heteroatoms. The van der Waals surface area contributed by atoms with Crippen molar-refractivity contribution in [3.05, 3.63) is 224 Å². The van der Waals surface area contributed by atoms with Gasteiger partial charge in [0.15, 0.2) is 0 Å². The summed E-state index contributed by atoms with van der Waals surface area (Å²) < 4.78 is 4.96. The van der Waals surface area contributed by atoms with Gasteiger partial charge in [0.25, 0.3) is 0 Å². The van der Waals surface area contributed by atoms with Crippen molar-refractivity contribution < 1.29 is 0 Å². The molecule has 0 aliphatic carbocycles. The second-order valence-electron chi connectivity index (χ2n) is 16.1. The lowest BCUT2D eigenvalue weighted by Gasteiger charge is -2.26. The number of rotatable bonds is 6. The molecule has 3 nitrogen and oxygen atoms in total. The molecule has 3 aromatic heterocycles. The van der Waals surface area contributed by atoms with Crippen LogP contribution in [-0.2, 0) is 0 Å². The Kier molecular flexibility index (Phi) is 7.31. The number of anilines is 3. The van der Waals surface area contributed by atoms with E-state index < -0.39 is 0 Å². The molecule has 3 heterocycles. The number of hydrogen-bond acceptors (Lipinski definition) is 1. The van der Waals surface area contributed by atoms with Gasteiger partial charge in [0.1, 0.15) is 0 Å². The van der Waals surface area contributed by atoms with E-state index in [9.17, 15) is 0 Å². The molecule has 284 valence electrons. The zero-order valence-corrected chi connectivity index (χ0v) is 33.2. The molecule has 0 bridgehead atoms. The van der Waals surface area contributed by atoms with E-state index in [1.807, 2.05) is 0 Å². The van der Waals surface area contributed by atoms with E-state index in [2.05, 4.69) is 238 Å². The van der Waals surface area contributed by atoms with E-state index in [-0.39, 0.29) is 0 Å². The summed E-state index contributed by atoms with van der Waals surface area (Å²) in [5, 5.41) is 10.2. The van der Waals surface area contributed by atoms with Crippen LogP contribution in [0.4, 0.5) is 17.1 Å². The minimum absolute atomic E-state index is 1.09. The molecule has 0 N–H and O–H groups in total. The molecule has 0 atom stereocenters. The van der Waals surface area contributed by atoms with Gasteiger partial charge in [0.2, 0.25) is 0 Å². The van der Waals surface area contributed by atoms with Crippen LogP contribution in [0, 0.1) is 0 Å². The van der Waals surface area contributed by atoms with E-state index in [1.165, 1.54) is 92.9 Å². The van der Waals surface area contributed by atoms with Crippen molar-refractivity contribution in [2.75, 3.05) is 4.90 Å². The molecular formula is C58H37N3. The first-order chi connectivity index (χ1) is 30.3. The number of para-hydroxylation sites is 2. The monoisotopic (exact) mass is 775 g/mol. The SMILES string of the molecule is c1ccc(-c2ccc(N(c3ccc(-c4ccc5ccccc5c4)cc3)c3ccc(-n4c5cccc6c7ccccc7n7c8ccccc8c8ccc4c(c65)c87)cc3)cc2)cc1. The van der Waals surface area contributed by atoms with E-state index in [0.717, 1.165) is 22.7 Å². The molecule has 0 spiro atoms. The second-order valence-corrected chi connectivity index (χ2v) is 16.1. The summed E-state index contributed by atoms with van der Waals surface area (Å²) >= 11 is 0. The summed E-state index contributed by atoms with van der Waals surface area (Å²) in [6, 6.07) is 82.1. The van der Waals surface area contributed by atoms with Crippen LogP contribution in [0.15, 0.2) is 224 Å². The highest BCUT2D eigenvalue weighted by molar-refractivity contribution is 6.33. The first-order valence-electron chi connectivity index (χ1n) is 21.0. The van der Waals surface area contributed by atoms with Crippen LogP contribution in [0.3, 0.4) is 0 Å². The predicted molar refractivity (Wildman–Crippen MR) is 259 cm³/mol. The number of hydrogen-bond donors (Lipinski definition) is 0. The van der Waals surface area contributed by atoms with E-state index in [1.54, 1.807) is 0 Å². The highest BCUT2D eigenvalue weighted by Gasteiger charge is 2.23. The normalized spacial score (nSPS) is 11.9. The van der Waals surface area contributed by atoms with Crippen LogP contribution in [-0.4, -0.2) is 8.97 Å². The molecule has 0 amide bonds. The minimum Gasteiger partial charge on any atom is -0.311 e. The molecule has 0 radical (unpaired) electrons. The van der Waals surface area contributed by atoms with Gasteiger partial charge in [-0.2, -0.15) is 0 Å². The van der Waals surface area contributed by atoms with Crippen molar-refractivity contribution in [3.63, 3.8) is 0 Å². The Morgan fingerprint density at radius 3 is 1.51 bits per heavy atom. The van der Waals surface area contributed by atoms with Gasteiger partial charge in [-0.3, -0.25) is 0 Å². The maximum atomic E-state index is 2.50. The van der Waals surface area contributed by atoms with E-state index >= 15 is 0 Å². The maximum absolute atomic E-state index is 2.50. The van der Waals surface area contributed by atoms with Crippen molar-refractivity contribution in [2.45, 2.75) is 0 Å². The van der Waals surface area contributed by atoms with Crippen LogP contribution in [0.2, 0.25) is 0 Å². The quantitative estimate of drug-likeness (QED) is 0.164. The van der Waals surface area contributed by atoms with Crippen LogP contribution >= 0.6 is 0 Å². The highest BCUT2D eigenvalue weighted by atomic mass is 15.1. The van der Waals surface area contributed by atoms with E-state index in [4.69, 9.17) is 0 Å². The molecule has 0 aliphatic rings. The Bertz CT molecular complexity index is 3780. The van der Waals surface area contributed by atoms with Gasteiger partial charge in [0.05, 0.1) is 27.6 Å². The van der Waals surface area contributed by atoms with E-state index in [0.29, 0.717) is 0 Å². The Morgan fingerprint density at radius 1 is 0.295 bits per heavy atom. The topological polar surface area (TPSA) is 12.6 Å². The third kappa shape index (κ3) is 5.11. The first kappa shape index (κ1) is 33.8. The smallest absolute Gasteiger partial charge is 0.0641 e. The fourth-order valence-electron chi connectivity index (χ4n) is 10.1. The third-order valence-electron chi connectivity index (χ3n) is 12.8. The lowest BCUT2D eigenvalue weighted by molar-refractivity contribution is 1.17. The average molecular weight is 776 g/mol. The number of aromatic nitrogens is 2. The fraction of sp³-hybridized carbons (Fsp3) is 0. The molecule has 61 heavy (non-hydrogen) atoms. The highest BCUT2D eigenvalue weighted by Crippen LogP contribution is 2.46. The Labute approximate surface area is 352 Å². The fourth-order valence-corrected chi connectivity index (χ4v) is 10.1.